The predicted molar refractivity (Wildman–Crippen MR) is 101 cm³/mol. The summed E-state index contributed by atoms with van der Waals surface area (Å²) in [7, 11) is 0. The minimum atomic E-state index is -0.571. The Balaban J connectivity index is 1.64. The molecule has 7 heteroatoms. The van der Waals surface area contributed by atoms with Crippen molar-refractivity contribution in [2.45, 2.75) is 25.4 Å². The van der Waals surface area contributed by atoms with Gasteiger partial charge < -0.3 is 15.8 Å². The number of nitrogens with two attached hydrogens (primary N) is 1. The molecule has 1 aliphatic heterocycles. The third kappa shape index (κ3) is 3.31. The van der Waals surface area contributed by atoms with Gasteiger partial charge in [0.25, 0.3) is 5.91 Å². The Labute approximate surface area is 155 Å². The van der Waals surface area contributed by atoms with Crippen molar-refractivity contribution in [2.75, 3.05) is 13.2 Å². The van der Waals surface area contributed by atoms with Crippen molar-refractivity contribution in [1.29, 1.82) is 0 Å². The molecule has 0 spiro atoms. The van der Waals surface area contributed by atoms with Crippen LogP contribution < -0.4 is 5.73 Å². The maximum absolute atomic E-state index is 14.8. The highest BCUT2D eigenvalue weighted by Gasteiger charge is 2.24. The van der Waals surface area contributed by atoms with E-state index in [0.717, 1.165) is 24.9 Å². The lowest BCUT2D eigenvalue weighted by atomic mass is 10.1. The summed E-state index contributed by atoms with van der Waals surface area (Å²) in [5, 5.41) is 9.43. The smallest absolute Gasteiger partial charge is 0.250 e. The van der Waals surface area contributed by atoms with Crippen molar-refractivity contribution in [3.05, 3.63) is 53.3 Å². The Bertz CT molecular complexity index is 1000. The van der Waals surface area contributed by atoms with Gasteiger partial charge in [-0.1, -0.05) is 12.1 Å². The van der Waals surface area contributed by atoms with E-state index in [-0.39, 0.29) is 18.5 Å². The Kier molecular flexibility index (Phi) is 4.63. The van der Waals surface area contributed by atoms with Gasteiger partial charge in [0.1, 0.15) is 17.2 Å². The summed E-state index contributed by atoms with van der Waals surface area (Å²) in [6.45, 7) is 1.64. The summed E-state index contributed by atoms with van der Waals surface area (Å²) in [4.78, 5) is 21.2. The number of nitrogens with one attached hydrogen (secondary N) is 1. The lowest BCUT2D eigenvalue weighted by Gasteiger charge is -2.22. The normalized spacial score (nSPS) is 17.6. The number of aliphatic hydroxyl groups is 1. The van der Waals surface area contributed by atoms with Crippen molar-refractivity contribution < 1.29 is 14.3 Å². The summed E-state index contributed by atoms with van der Waals surface area (Å²) >= 11 is 0. The van der Waals surface area contributed by atoms with E-state index in [1.54, 1.807) is 24.3 Å². The number of H-pyrrole nitrogens is 1. The minimum Gasteiger partial charge on any atom is -0.395 e. The van der Waals surface area contributed by atoms with Gasteiger partial charge in [0.15, 0.2) is 0 Å². The summed E-state index contributed by atoms with van der Waals surface area (Å²) in [5.41, 5.74) is 7.95. The number of hydrogen-bond acceptors (Lipinski definition) is 4. The molecule has 0 saturated carbocycles. The first-order valence-corrected chi connectivity index (χ1v) is 8.99. The molecule has 0 unspecified atom stereocenters. The van der Waals surface area contributed by atoms with Crippen molar-refractivity contribution in [1.82, 2.24) is 14.9 Å². The molecule has 27 heavy (non-hydrogen) atoms. The topological polar surface area (TPSA) is 95.2 Å². The van der Waals surface area contributed by atoms with E-state index >= 15 is 0 Å². The second kappa shape index (κ2) is 7.09. The van der Waals surface area contributed by atoms with E-state index < -0.39 is 5.91 Å². The van der Waals surface area contributed by atoms with Crippen LogP contribution in [0.3, 0.4) is 0 Å². The molecule has 2 heterocycles. The maximum atomic E-state index is 14.8. The van der Waals surface area contributed by atoms with Gasteiger partial charge in [0.2, 0.25) is 0 Å². The van der Waals surface area contributed by atoms with Crippen LogP contribution in [-0.4, -0.2) is 45.1 Å². The van der Waals surface area contributed by atoms with Crippen molar-refractivity contribution in [3.63, 3.8) is 0 Å². The van der Waals surface area contributed by atoms with E-state index in [9.17, 15) is 14.3 Å². The first-order valence-electron chi connectivity index (χ1n) is 8.99. The Morgan fingerprint density at radius 3 is 2.96 bits per heavy atom. The number of likely N-dealkylation sites (tertiary alicyclic amines) is 1. The average Bonchev–Trinajstić information content (AvgIpc) is 3.27. The molecule has 1 saturated heterocycles. The van der Waals surface area contributed by atoms with Gasteiger partial charge in [-0.2, -0.15) is 0 Å². The van der Waals surface area contributed by atoms with E-state index in [1.165, 1.54) is 6.07 Å². The molecule has 6 nitrogen and oxygen atoms in total. The molecule has 0 aliphatic carbocycles. The number of carbonyl (C=O) groups excluding carboxylic acids is 1. The van der Waals surface area contributed by atoms with Crippen LogP contribution in [0.5, 0.6) is 0 Å². The van der Waals surface area contributed by atoms with Gasteiger partial charge in [0, 0.05) is 12.6 Å². The number of hydrogen-bond donors (Lipinski definition) is 3. The van der Waals surface area contributed by atoms with Gasteiger partial charge in [-0.25, -0.2) is 9.37 Å². The van der Waals surface area contributed by atoms with Crippen LogP contribution in [-0.2, 0) is 6.54 Å². The monoisotopic (exact) mass is 368 g/mol. The summed E-state index contributed by atoms with van der Waals surface area (Å²) in [6.07, 6.45) is 2.02. The number of carbonyl (C=O) groups is 1. The molecule has 3 aromatic rings. The Morgan fingerprint density at radius 1 is 1.37 bits per heavy atom. The number of nitrogens with zero attached hydrogens (tertiary/aromatic N) is 2. The molecule has 1 aromatic heterocycles. The molecule has 1 amide bonds. The quantitative estimate of drug-likeness (QED) is 0.644. The van der Waals surface area contributed by atoms with E-state index in [2.05, 4.69) is 14.9 Å². The van der Waals surface area contributed by atoms with Crippen LogP contribution in [0.1, 0.15) is 28.8 Å². The van der Waals surface area contributed by atoms with Crippen LogP contribution in [0.2, 0.25) is 0 Å². The molecule has 1 atom stereocenters. The number of benzene rings is 2. The first-order chi connectivity index (χ1) is 13.1. The predicted octanol–water partition coefficient (Wildman–Crippen LogP) is 2.42. The maximum Gasteiger partial charge on any atom is 0.250 e. The first kappa shape index (κ1) is 17.6. The highest BCUT2D eigenvalue weighted by molar-refractivity contribution is 6.04. The van der Waals surface area contributed by atoms with Gasteiger partial charge in [0.05, 0.1) is 23.3 Å². The summed E-state index contributed by atoms with van der Waals surface area (Å²) in [6, 6.07) is 10.3. The average molecular weight is 368 g/mol. The second-order valence-corrected chi connectivity index (χ2v) is 6.91. The lowest BCUT2D eigenvalue weighted by Crippen LogP contribution is -2.31. The lowest BCUT2D eigenvalue weighted by molar-refractivity contribution is 0.100. The van der Waals surface area contributed by atoms with Crippen molar-refractivity contribution in [3.8, 4) is 11.4 Å². The van der Waals surface area contributed by atoms with Crippen LogP contribution in [0.25, 0.3) is 22.4 Å². The number of fused-ring (bicyclic) bond motifs is 1. The fourth-order valence-electron chi connectivity index (χ4n) is 3.75. The van der Waals surface area contributed by atoms with Crippen LogP contribution in [0.4, 0.5) is 4.39 Å². The third-order valence-corrected chi connectivity index (χ3v) is 5.16. The zero-order chi connectivity index (χ0) is 19.0. The highest BCUT2D eigenvalue weighted by atomic mass is 19.1. The molecule has 0 bridgehead atoms. The number of aliphatic hydroxyl groups excluding tert-OH is 1. The summed E-state index contributed by atoms with van der Waals surface area (Å²) < 4.78 is 14.8. The number of para-hydroxylation sites is 1. The van der Waals surface area contributed by atoms with Gasteiger partial charge in [-0.15, -0.1) is 0 Å². The Morgan fingerprint density at radius 2 is 2.22 bits per heavy atom. The van der Waals surface area contributed by atoms with E-state index in [4.69, 9.17) is 5.73 Å². The van der Waals surface area contributed by atoms with Gasteiger partial charge in [-0.3, -0.25) is 9.69 Å². The summed E-state index contributed by atoms with van der Waals surface area (Å²) in [5.74, 6) is -0.595. The van der Waals surface area contributed by atoms with Crippen molar-refractivity contribution in [2.24, 2.45) is 5.73 Å². The minimum absolute atomic E-state index is 0.127. The van der Waals surface area contributed by atoms with E-state index in [1.807, 2.05) is 6.07 Å². The van der Waals surface area contributed by atoms with Crippen LogP contribution in [0.15, 0.2) is 36.4 Å². The largest absolute Gasteiger partial charge is 0.395 e. The molecular formula is C20H21FN4O2. The molecule has 140 valence electrons. The molecule has 1 aliphatic rings. The standard InChI is InChI=1S/C20H21FN4O2/c21-16-9-12(10-25-8-2-3-13(25)11-26)6-7-14(16)20-23-17-5-1-4-15(19(22)27)18(17)24-20/h1,4-7,9,13,26H,2-3,8,10-11H2,(H2,22,27)(H,23,24)/t13-/m1/s1. The molecule has 4 N–H and O–H groups in total. The molecular weight excluding hydrogens is 347 g/mol. The Hall–Kier alpha value is -2.77. The number of rotatable bonds is 5. The molecule has 4 rings (SSSR count). The van der Waals surface area contributed by atoms with Gasteiger partial charge >= 0.3 is 0 Å². The van der Waals surface area contributed by atoms with E-state index in [0.29, 0.717) is 34.5 Å². The molecule has 2 aromatic carbocycles. The van der Waals surface area contributed by atoms with Gasteiger partial charge in [-0.05, 0) is 49.2 Å². The van der Waals surface area contributed by atoms with Crippen molar-refractivity contribution >= 4 is 16.9 Å². The number of aromatic amines is 1. The fraction of sp³-hybridized carbons (Fsp3) is 0.300. The second-order valence-electron chi connectivity index (χ2n) is 6.91. The fourth-order valence-corrected chi connectivity index (χ4v) is 3.75. The number of primary amides is 1. The molecule has 0 radical (unpaired) electrons. The van der Waals surface area contributed by atoms with Crippen LogP contribution in [0, 0.1) is 5.82 Å². The highest BCUT2D eigenvalue weighted by Crippen LogP contribution is 2.27. The zero-order valence-electron chi connectivity index (χ0n) is 14.8. The number of aromatic nitrogens is 2. The number of amides is 1. The van der Waals surface area contributed by atoms with Crippen LogP contribution >= 0.6 is 0 Å². The number of halogens is 1. The zero-order valence-corrected chi connectivity index (χ0v) is 14.8. The molecule has 1 fully saturated rings. The third-order valence-electron chi connectivity index (χ3n) is 5.16. The number of imidazole rings is 1. The SMILES string of the molecule is NC(=O)c1cccc2[nH]c(-c3ccc(CN4CCC[C@@H]4CO)cc3F)nc12.